The molecule has 0 saturated heterocycles. The van der Waals surface area contributed by atoms with Gasteiger partial charge in [0, 0.05) is 0 Å². The molecule has 2 aliphatic heterocycles. The van der Waals surface area contributed by atoms with Crippen molar-refractivity contribution in [2.45, 2.75) is 84.1 Å². The Morgan fingerprint density at radius 1 is 0.593 bits per heavy atom. The zero-order valence-electron chi connectivity index (χ0n) is 19.9. The summed E-state index contributed by atoms with van der Waals surface area (Å²) in [5.74, 6) is 0. The summed E-state index contributed by atoms with van der Waals surface area (Å²) >= 11 is -1.65. The second-order valence-corrected chi connectivity index (χ2v) is 18.9. The van der Waals surface area contributed by atoms with Crippen LogP contribution in [-0.2, 0) is 0 Å². The zero-order chi connectivity index (χ0) is 21.1. The first-order chi connectivity index (χ1) is 11.8. The van der Waals surface area contributed by atoms with E-state index < -0.39 is 41.0 Å². The van der Waals surface area contributed by atoms with E-state index >= 15 is 0 Å². The van der Waals surface area contributed by atoms with Gasteiger partial charge in [-0.05, 0) is 0 Å². The van der Waals surface area contributed by atoms with Crippen LogP contribution < -0.4 is 0 Å². The average Bonchev–Trinajstić information content (AvgIpc) is 3.02. The molecule has 0 bridgehead atoms. The second kappa shape index (κ2) is 6.93. The predicted octanol–water partition coefficient (Wildman–Crippen LogP) is 6.29. The van der Waals surface area contributed by atoms with Crippen LogP contribution >= 0.6 is 0 Å². The van der Waals surface area contributed by atoms with Gasteiger partial charge in [-0.3, -0.25) is 0 Å². The van der Waals surface area contributed by atoms with Crippen LogP contribution in [-0.4, -0.2) is 53.5 Å². The van der Waals surface area contributed by atoms with E-state index in [2.05, 4.69) is 107 Å². The normalized spacial score (nSPS) is 29.0. The van der Waals surface area contributed by atoms with Crippen LogP contribution in [0.1, 0.15) is 83.1 Å². The van der Waals surface area contributed by atoms with Gasteiger partial charge >= 0.3 is 192 Å². The Bertz CT molecular complexity index is 649. The Labute approximate surface area is 190 Å². The molecule has 2 heterocycles. The van der Waals surface area contributed by atoms with Gasteiger partial charge < -0.3 is 0 Å². The van der Waals surface area contributed by atoms with Crippen LogP contribution in [0.5, 0.6) is 0 Å². The molecule has 0 aromatic heterocycles. The molecular formula is C24H40N2Sr. The summed E-state index contributed by atoms with van der Waals surface area (Å²) in [6.07, 6.45) is 9.53. The van der Waals surface area contributed by atoms with E-state index in [9.17, 15) is 0 Å². The van der Waals surface area contributed by atoms with Gasteiger partial charge in [-0.2, -0.15) is 0 Å². The summed E-state index contributed by atoms with van der Waals surface area (Å²) in [6.45, 7) is 27.8. The molecule has 2 unspecified atom stereocenters. The van der Waals surface area contributed by atoms with Gasteiger partial charge in [0.05, 0.1) is 0 Å². The molecule has 2 rings (SSSR count). The molecule has 148 valence electrons. The molecule has 2 aliphatic rings. The first kappa shape index (κ1) is 23.6. The van der Waals surface area contributed by atoms with Crippen molar-refractivity contribution in [2.24, 2.45) is 31.6 Å². The van der Waals surface area contributed by atoms with Crippen LogP contribution in [0.2, 0.25) is 0 Å². The van der Waals surface area contributed by atoms with Gasteiger partial charge in [0.15, 0.2) is 0 Å². The Kier molecular flexibility index (Phi) is 6.05. The van der Waals surface area contributed by atoms with Crippen molar-refractivity contribution in [1.29, 1.82) is 0 Å². The van der Waals surface area contributed by atoms with Gasteiger partial charge in [0.1, 0.15) is 0 Å². The Morgan fingerprint density at radius 2 is 0.889 bits per heavy atom. The molecule has 0 aromatic rings. The van der Waals surface area contributed by atoms with E-state index in [-0.39, 0.29) is 22.7 Å². The molecule has 0 spiro atoms. The second-order valence-electron chi connectivity index (χ2n) is 12.7. The SMILES string of the molecule is CC(C)(C)C1=N[C]([Sr][C]2(C(C)(C)C)C=CC(C(C)(C)C)=N2)(C(C)(C)C)C=C1. The molecule has 0 fully saturated rings. The van der Waals surface area contributed by atoms with Crippen molar-refractivity contribution in [3.63, 3.8) is 0 Å². The minimum absolute atomic E-state index is 0.0360. The first-order valence-electron chi connectivity index (χ1n) is 10.4. The standard InChI is InChI=1S/2C12H20N.Sr/c2*1-11(2,3)9-7-8-10(13-9)12(4,5)6;/h2*7-8H,1-6H3;. The van der Waals surface area contributed by atoms with E-state index in [4.69, 9.17) is 9.98 Å². The van der Waals surface area contributed by atoms with Crippen LogP contribution in [0.4, 0.5) is 0 Å². The quantitative estimate of drug-likeness (QED) is 0.448. The van der Waals surface area contributed by atoms with Crippen molar-refractivity contribution >= 4 is 52.4 Å². The molecule has 0 N–H and O–H groups in total. The van der Waals surface area contributed by atoms with Crippen molar-refractivity contribution in [3.8, 4) is 0 Å². The van der Waals surface area contributed by atoms with Crippen molar-refractivity contribution in [2.75, 3.05) is 0 Å². The van der Waals surface area contributed by atoms with Gasteiger partial charge in [-0.25, -0.2) is 0 Å². The number of aliphatic imine (C=N–C) groups is 2. The Balaban J connectivity index is 2.61. The minimum atomic E-state index is -1.65. The van der Waals surface area contributed by atoms with E-state index in [1.165, 1.54) is 11.4 Å². The fourth-order valence-corrected chi connectivity index (χ4v) is 10.8. The molecule has 0 amide bonds. The van der Waals surface area contributed by atoms with E-state index in [1.54, 1.807) is 0 Å². The fraction of sp³-hybridized carbons (Fsp3) is 0.750. The Hall–Kier alpha value is 0.301. The van der Waals surface area contributed by atoms with Crippen LogP contribution in [0.3, 0.4) is 0 Å². The van der Waals surface area contributed by atoms with Gasteiger partial charge in [-0.1, -0.05) is 0 Å². The van der Waals surface area contributed by atoms with Crippen molar-refractivity contribution in [1.82, 2.24) is 0 Å². The van der Waals surface area contributed by atoms with Crippen molar-refractivity contribution in [3.05, 3.63) is 24.3 Å². The summed E-state index contributed by atoms with van der Waals surface area (Å²) in [5.41, 5.74) is 2.91. The molecule has 27 heavy (non-hydrogen) atoms. The maximum absolute atomic E-state index is 5.47. The number of allylic oxidation sites excluding steroid dienone is 2. The van der Waals surface area contributed by atoms with Crippen molar-refractivity contribution < 1.29 is 0 Å². The van der Waals surface area contributed by atoms with Crippen LogP contribution in [0.25, 0.3) is 0 Å². The fourth-order valence-electron chi connectivity index (χ4n) is 3.82. The topological polar surface area (TPSA) is 24.7 Å². The molecular weight excluding hydrogens is 404 g/mol. The summed E-state index contributed by atoms with van der Waals surface area (Å²) < 4.78 is -0.0719. The predicted molar refractivity (Wildman–Crippen MR) is 122 cm³/mol. The Morgan fingerprint density at radius 3 is 1.07 bits per heavy atom. The third-order valence-corrected chi connectivity index (χ3v) is 16.1. The molecule has 0 aromatic carbocycles. The number of rotatable bonds is 2. The number of hydrogen-bond donors (Lipinski definition) is 0. The van der Waals surface area contributed by atoms with Gasteiger partial charge in [-0.15, -0.1) is 0 Å². The number of hydrogen-bond acceptors (Lipinski definition) is 2. The van der Waals surface area contributed by atoms with Gasteiger partial charge in [0.25, 0.3) is 0 Å². The summed E-state index contributed by atoms with van der Waals surface area (Å²) in [6, 6.07) is 0. The van der Waals surface area contributed by atoms with Gasteiger partial charge in [0.2, 0.25) is 0 Å². The zero-order valence-corrected chi connectivity index (χ0v) is 23.4. The third kappa shape index (κ3) is 4.57. The van der Waals surface area contributed by atoms with E-state index in [1.807, 2.05) is 0 Å². The summed E-state index contributed by atoms with van der Waals surface area (Å²) in [7, 11) is 0. The molecule has 0 aliphatic carbocycles. The number of nitrogens with zero attached hydrogens (tertiary/aromatic N) is 2. The molecule has 0 radical (unpaired) electrons. The average molecular weight is 444 g/mol. The molecule has 2 nitrogen and oxygen atoms in total. The third-order valence-electron chi connectivity index (χ3n) is 6.35. The monoisotopic (exact) mass is 444 g/mol. The van der Waals surface area contributed by atoms with Crippen LogP contribution in [0, 0.1) is 21.7 Å². The van der Waals surface area contributed by atoms with E-state index in [0.29, 0.717) is 0 Å². The molecule has 2 atom stereocenters. The van der Waals surface area contributed by atoms with E-state index in [0.717, 1.165) is 0 Å². The molecule has 0 saturated carbocycles. The summed E-state index contributed by atoms with van der Waals surface area (Å²) in [5, 5.41) is 0. The summed E-state index contributed by atoms with van der Waals surface area (Å²) in [4.78, 5) is 10.9. The molecule has 3 heteroatoms. The first-order valence-corrected chi connectivity index (χ1v) is 13.9. The maximum atomic E-state index is 5.47. The van der Waals surface area contributed by atoms with Crippen LogP contribution in [0.15, 0.2) is 34.3 Å².